The molecule has 2 heteroatoms. The Morgan fingerprint density at radius 3 is 2.56 bits per heavy atom. The van der Waals surface area contributed by atoms with E-state index in [1.807, 2.05) is 31.2 Å². The first kappa shape index (κ1) is 13.0. The topological polar surface area (TPSA) is 9.23 Å². The average molecular weight is 260 g/mol. The molecule has 0 heterocycles. The molecule has 0 saturated carbocycles. The minimum atomic E-state index is 0.657. The molecule has 0 aromatic heterocycles. The van der Waals surface area contributed by atoms with Crippen LogP contribution in [0.4, 0.5) is 0 Å². The molecule has 0 N–H and O–H groups in total. The van der Waals surface area contributed by atoms with Gasteiger partial charge in [-0.2, -0.15) is 0 Å². The van der Waals surface area contributed by atoms with Gasteiger partial charge in [0.25, 0.3) is 0 Å². The number of benzene rings is 2. The number of hydrogen-bond donors (Lipinski definition) is 0. The number of ether oxygens (including phenoxy) is 1. The second kappa shape index (κ2) is 5.45. The first-order valence-corrected chi connectivity index (χ1v) is 6.42. The Morgan fingerprint density at radius 2 is 1.89 bits per heavy atom. The molecule has 2 rings (SSSR count). The van der Waals surface area contributed by atoms with Crippen molar-refractivity contribution in [3.8, 4) is 16.9 Å². The molecule has 0 spiro atoms. The maximum Gasteiger partial charge on any atom is 0.122 e. The Balaban J connectivity index is 2.54. The number of rotatable bonds is 3. The summed E-state index contributed by atoms with van der Waals surface area (Å²) in [5.41, 5.74) is 4.51. The Bertz CT molecular complexity index is 561. The summed E-state index contributed by atoms with van der Waals surface area (Å²) in [6.45, 7) is 6.84. The van der Waals surface area contributed by atoms with Gasteiger partial charge in [0.05, 0.1) is 11.6 Å². The summed E-state index contributed by atoms with van der Waals surface area (Å²) < 4.78 is 5.60. The molecule has 1 radical (unpaired) electrons. The summed E-state index contributed by atoms with van der Waals surface area (Å²) in [6, 6.07) is 12.9. The van der Waals surface area contributed by atoms with Crippen LogP contribution in [0.2, 0.25) is 5.02 Å². The third-order valence-electron chi connectivity index (χ3n) is 3.13. The third kappa shape index (κ3) is 2.37. The van der Waals surface area contributed by atoms with E-state index in [1.165, 1.54) is 5.56 Å². The van der Waals surface area contributed by atoms with Crippen LogP contribution in [0.25, 0.3) is 11.1 Å². The van der Waals surface area contributed by atoms with Gasteiger partial charge in [0.15, 0.2) is 0 Å². The molecule has 0 aliphatic rings. The molecule has 0 fully saturated rings. The predicted octanol–water partition coefficient (Wildman–Crippen LogP) is 4.82. The SMILES string of the molecule is CCOc1ccc(-c2ccc[c]c2Cl)c(C)c1C. The van der Waals surface area contributed by atoms with E-state index < -0.39 is 0 Å². The van der Waals surface area contributed by atoms with Crippen LogP contribution < -0.4 is 4.74 Å². The van der Waals surface area contributed by atoms with Gasteiger partial charge >= 0.3 is 0 Å². The zero-order valence-electron chi connectivity index (χ0n) is 10.9. The molecule has 93 valence electrons. The summed E-state index contributed by atoms with van der Waals surface area (Å²) in [6.07, 6.45) is 0. The summed E-state index contributed by atoms with van der Waals surface area (Å²) >= 11 is 6.20. The van der Waals surface area contributed by atoms with E-state index in [4.69, 9.17) is 16.3 Å². The lowest BCUT2D eigenvalue weighted by atomic mass is 9.96. The van der Waals surface area contributed by atoms with Crippen molar-refractivity contribution in [2.45, 2.75) is 20.8 Å². The smallest absolute Gasteiger partial charge is 0.122 e. The molecule has 18 heavy (non-hydrogen) atoms. The molecule has 0 unspecified atom stereocenters. The molecule has 0 aliphatic carbocycles. The van der Waals surface area contributed by atoms with Crippen molar-refractivity contribution >= 4 is 11.6 Å². The van der Waals surface area contributed by atoms with Crippen molar-refractivity contribution in [1.29, 1.82) is 0 Å². The molecule has 1 nitrogen and oxygen atoms in total. The Hall–Kier alpha value is -1.47. The fourth-order valence-corrected chi connectivity index (χ4v) is 2.25. The summed E-state index contributed by atoms with van der Waals surface area (Å²) in [7, 11) is 0. The van der Waals surface area contributed by atoms with E-state index in [0.29, 0.717) is 11.6 Å². The standard InChI is InChI=1S/C16H16ClO/c1-4-18-16-10-9-13(11(2)12(16)3)14-7-5-6-8-15(14)17/h5-7,9-10H,4H2,1-3H3. The Morgan fingerprint density at radius 1 is 1.11 bits per heavy atom. The lowest BCUT2D eigenvalue weighted by molar-refractivity contribution is 0.337. The van der Waals surface area contributed by atoms with E-state index >= 15 is 0 Å². The second-order valence-corrected chi connectivity index (χ2v) is 4.57. The van der Waals surface area contributed by atoms with Gasteiger partial charge in [0, 0.05) is 11.6 Å². The van der Waals surface area contributed by atoms with E-state index in [1.54, 1.807) is 0 Å². The van der Waals surface area contributed by atoms with Crippen LogP contribution in [0.1, 0.15) is 18.1 Å². The van der Waals surface area contributed by atoms with Crippen LogP contribution >= 0.6 is 11.6 Å². The van der Waals surface area contributed by atoms with Crippen molar-refractivity contribution in [2.75, 3.05) is 6.61 Å². The van der Waals surface area contributed by atoms with Gasteiger partial charge in [-0.1, -0.05) is 35.9 Å². The molecule has 0 amide bonds. The molecule has 0 bridgehead atoms. The zero-order chi connectivity index (χ0) is 13.1. The fraction of sp³-hybridized carbons (Fsp3) is 0.250. The molecule has 0 saturated heterocycles. The van der Waals surface area contributed by atoms with Crippen molar-refractivity contribution in [2.24, 2.45) is 0 Å². The molecule has 2 aromatic rings. The van der Waals surface area contributed by atoms with Gasteiger partial charge < -0.3 is 4.74 Å². The monoisotopic (exact) mass is 259 g/mol. The fourth-order valence-electron chi connectivity index (χ4n) is 2.02. The maximum absolute atomic E-state index is 6.20. The van der Waals surface area contributed by atoms with Crippen LogP contribution in [0.3, 0.4) is 0 Å². The lowest BCUT2D eigenvalue weighted by Crippen LogP contribution is -1.97. The Kier molecular flexibility index (Phi) is 3.93. The normalized spacial score (nSPS) is 10.4. The van der Waals surface area contributed by atoms with Gasteiger partial charge in [-0.25, -0.2) is 0 Å². The largest absolute Gasteiger partial charge is 0.494 e. The highest BCUT2D eigenvalue weighted by Gasteiger charge is 2.10. The van der Waals surface area contributed by atoms with Crippen LogP contribution in [-0.4, -0.2) is 6.61 Å². The first-order chi connectivity index (χ1) is 8.65. The van der Waals surface area contributed by atoms with Crippen molar-refractivity contribution < 1.29 is 4.74 Å². The molecule has 0 aliphatic heterocycles. The number of hydrogen-bond acceptors (Lipinski definition) is 1. The maximum atomic E-state index is 6.20. The molecular formula is C16H16ClO. The van der Waals surface area contributed by atoms with Gasteiger partial charge in [-0.05, 0) is 43.5 Å². The second-order valence-electron chi connectivity index (χ2n) is 4.19. The van der Waals surface area contributed by atoms with Crippen LogP contribution in [0, 0.1) is 19.9 Å². The van der Waals surface area contributed by atoms with Crippen molar-refractivity contribution in [3.05, 3.63) is 52.5 Å². The summed E-state index contributed by atoms with van der Waals surface area (Å²) in [5, 5.41) is 0.657. The van der Waals surface area contributed by atoms with Gasteiger partial charge in [0.2, 0.25) is 0 Å². The summed E-state index contributed by atoms with van der Waals surface area (Å²) in [4.78, 5) is 0. The van der Waals surface area contributed by atoms with Gasteiger partial charge in [-0.15, -0.1) is 0 Å². The molecule has 0 atom stereocenters. The van der Waals surface area contributed by atoms with Crippen LogP contribution in [0.15, 0.2) is 30.3 Å². The van der Waals surface area contributed by atoms with E-state index in [9.17, 15) is 0 Å². The molecular weight excluding hydrogens is 244 g/mol. The summed E-state index contributed by atoms with van der Waals surface area (Å²) in [5.74, 6) is 0.940. The van der Waals surface area contributed by atoms with Gasteiger partial charge in [0.1, 0.15) is 5.75 Å². The van der Waals surface area contributed by atoms with Crippen molar-refractivity contribution in [1.82, 2.24) is 0 Å². The third-order valence-corrected chi connectivity index (χ3v) is 3.45. The molecule has 2 aromatic carbocycles. The lowest BCUT2D eigenvalue weighted by Gasteiger charge is -2.14. The minimum Gasteiger partial charge on any atom is -0.494 e. The highest BCUT2D eigenvalue weighted by molar-refractivity contribution is 6.33. The van der Waals surface area contributed by atoms with Crippen molar-refractivity contribution in [3.63, 3.8) is 0 Å². The quantitative estimate of drug-likeness (QED) is 0.768. The highest BCUT2D eigenvalue weighted by Crippen LogP contribution is 2.34. The van der Waals surface area contributed by atoms with Crippen LogP contribution in [0.5, 0.6) is 5.75 Å². The van der Waals surface area contributed by atoms with Gasteiger partial charge in [-0.3, -0.25) is 0 Å². The Labute approximate surface area is 113 Å². The minimum absolute atomic E-state index is 0.657. The number of halogens is 1. The first-order valence-electron chi connectivity index (χ1n) is 6.04. The van der Waals surface area contributed by atoms with E-state index in [0.717, 1.165) is 22.4 Å². The average Bonchev–Trinajstić information content (AvgIpc) is 2.37. The zero-order valence-corrected chi connectivity index (χ0v) is 11.6. The predicted molar refractivity (Wildman–Crippen MR) is 76.4 cm³/mol. The highest BCUT2D eigenvalue weighted by atomic mass is 35.5. The van der Waals surface area contributed by atoms with E-state index in [-0.39, 0.29) is 0 Å². The van der Waals surface area contributed by atoms with E-state index in [2.05, 4.69) is 26.0 Å². The van der Waals surface area contributed by atoms with Crippen LogP contribution in [-0.2, 0) is 0 Å².